The van der Waals surface area contributed by atoms with Crippen LogP contribution in [0, 0.1) is 13.8 Å². The number of hydrogen-bond donors (Lipinski definition) is 0. The zero-order valence-corrected chi connectivity index (χ0v) is 16.1. The highest BCUT2D eigenvalue weighted by Crippen LogP contribution is 2.24. The number of benzene rings is 2. The third-order valence-corrected chi connectivity index (χ3v) is 4.06. The van der Waals surface area contributed by atoms with E-state index in [1.165, 1.54) is 0 Å². The van der Waals surface area contributed by atoms with Crippen molar-refractivity contribution in [2.24, 2.45) is 4.99 Å². The van der Waals surface area contributed by atoms with E-state index in [4.69, 9.17) is 16.3 Å². The van der Waals surface area contributed by atoms with Crippen molar-refractivity contribution in [2.45, 2.75) is 13.8 Å². The van der Waals surface area contributed by atoms with Gasteiger partial charge in [0, 0.05) is 24.2 Å². The second-order valence-corrected chi connectivity index (χ2v) is 6.53. The van der Waals surface area contributed by atoms with E-state index < -0.39 is 0 Å². The number of carbonyl (C=O) groups is 1. The minimum atomic E-state index is -0.0788. The lowest BCUT2D eigenvalue weighted by atomic mass is 10.0. The Labute approximate surface area is 159 Å². The van der Waals surface area contributed by atoms with Crippen LogP contribution in [-0.4, -0.2) is 37.2 Å². The Bertz CT molecular complexity index is 831. The molecule has 5 heteroatoms. The van der Waals surface area contributed by atoms with E-state index in [1.807, 2.05) is 44.0 Å². The van der Waals surface area contributed by atoms with Gasteiger partial charge in [0.15, 0.2) is 12.4 Å². The Balaban J connectivity index is 2.10. The van der Waals surface area contributed by atoms with E-state index in [1.54, 1.807) is 30.6 Å². The molecule has 136 valence electrons. The van der Waals surface area contributed by atoms with Gasteiger partial charge in [-0.2, -0.15) is 0 Å². The van der Waals surface area contributed by atoms with Crippen molar-refractivity contribution >= 4 is 29.4 Å². The molecule has 0 radical (unpaired) electrons. The first-order chi connectivity index (χ1) is 12.4. The van der Waals surface area contributed by atoms with Gasteiger partial charge in [-0.05, 0) is 55.3 Å². The van der Waals surface area contributed by atoms with Gasteiger partial charge >= 0.3 is 0 Å². The number of carbonyl (C=O) groups excluding carboxylic acids is 1. The molecule has 0 spiro atoms. The zero-order valence-electron chi connectivity index (χ0n) is 15.3. The Morgan fingerprint density at radius 1 is 1.27 bits per heavy atom. The quantitative estimate of drug-likeness (QED) is 0.284. The minimum Gasteiger partial charge on any atom is -0.485 e. The number of ether oxygens (including phenoxy) is 1. The Morgan fingerprint density at radius 3 is 2.73 bits per heavy atom. The maximum Gasteiger partial charge on any atom is 0.200 e. The molecule has 0 N–H and O–H groups in total. The zero-order chi connectivity index (χ0) is 19.1. The fourth-order valence-corrected chi connectivity index (χ4v) is 2.62. The summed E-state index contributed by atoms with van der Waals surface area (Å²) in [6, 6.07) is 10.8. The SMILES string of the molecule is C=CCN(C)C=Nc1cc(C)c(C(=O)COc2cccc(Cl)c2)cc1C. The third kappa shape index (κ3) is 5.46. The van der Waals surface area contributed by atoms with Crippen LogP contribution in [0.2, 0.25) is 5.02 Å². The average Bonchev–Trinajstić information content (AvgIpc) is 2.60. The summed E-state index contributed by atoms with van der Waals surface area (Å²) in [6.07, 6.45) is 3.57. The molecule has 0 saturated carbocycles. The number of aryl methyl sites for hydroxylation is 2. The van der Waals surface area contributed by atoms with Crippen molar-refractivity contribution in [3.05, 3.63) is 70.8 Å². The smallest absolute Gasteiger partial charge is 0.200 e. The van der Waals surface area contributed by atoms with Crippen molar-refractivity contribution in [3.63, 3.8) is 0 Å². The number of aliphatic imine (C=N–C) groups is 1. The largest absolute Gasteiger partial charge is 0.485 e. The minimum absolute atomic E-state index is 0.0364. The van der Waals surface area contributed by atoms with Crippen LogP contribution in [0.3, 0.4) is 0 Å². The number of Topliss-reactive ketones (excluding diaryl/α,β-unsaturated/α-hetero) is 1. The van der Waals surface area contributed by atoms with Crippen LogP contribution in [-0.2, 0) is 0 Å². The molecule has 2 aromatic rings. The van der Waals surface area contributed by atoms with Crippen molar-refractivity contribution in [2.75, 3.05) is 20.2 Å². The average molecular weight is 371 g/mol. The van der Waals surface area contributed by atoms with E-state index in [0.717, 1.165) is 23.4 Å². The van der Waals surface area contributed by atoms with Gasteiger partial charge in [0.1, 0.15) is 5.75 Å². The molecule has 0 bridgehead atoms. The lowest BCUT2D eigenvalue weighted by Crippen LogP contribution is -2.15. The van der Waals surface area contributed by atoms with Crippen LogP contribution in [0.4, 0.5) is 5.69 Å². The van der Waals surface area contributed by atoms with Crippen molar-refractivity contribution < 1.29 is 9.53 Å². The highest BCUT2D eigenvalue weighted by Gasteiger charge is 2.13. The summed E-state index contributed by atoms with van der Waals surface area (Å²) in [5.41, 5.74) is 3.28. The molecule has 0 fully saturated rings. The lowest BCUT2D eigenvalue weighted by Gasteiger charge is -2.12. The lowest BCUT2D eigenvalue weighted by molar-refractivity contribution is 0.0921. The van der Waals surface area contributed by atoms with Gasteiger partial charge in [0.25, 0.3) is 0 Å². The second-order valence-electron chi connectivity index (χ2n) is 6.10. The standard InChI is InChI=1S/C21H23ClN2O2/c1-5-9-24(4)14-23-20-11-15(2)19(10-16(20)3)21(25)13-26-18-8-6-7-17(22)12-18/h5-8,10-12,14H,1,9,13H2,2-4H3. The molecule has 0 unspecified atom stereocenters. The van der Waals surface area contributed by atoms with Crippen LogP contribution >= 0.6 is 11.6 Å². The van der Waals surface area contributed by atoms with Crippen LogP contribution in [0.15, 0.2) is 54.0 Å². The third-order valence-electron chi connectivity index (χ3n) is 3.82. The molecule has 4 nitrogen and oxygen atoms in total. The number of hydrogen-bond acceptors (Lipinski definition) is 3. The Hall–Kier alpha value is -2.59. The first kappa shape index (κ1) is 19.7. The number of rotatable bonds is 8. The molecule has 0 aliphatic rings. The first-order valence-electron chi connectivity index (χ1n) is 8.29. The molecule has 2 rings (SSSR count). The molecule has 0 amide bonds. The number of nitrogens with zero attached hydrogens (tertiary/aromatic N) is 2. The maximum atomic E-state index is 12.5. The fraction of sp³-hybridized carbons (Fsp3) is 0.238. The van der Waals surface area contributed by atoms with E-state index in [0.29, 0.717) is 16.3 Å². The summed E-state index contributed by atoms with van der Waals surface area (Å²) in [7, 11) is 1.93. The molecule has 0 aliphatic carbocycles. The summed E-state index contributed by atoms with van der Waals surface area (Å²) in [5, 5.41) is 0.575. The maximum absolute atomic E-state index is 12.5. The van der Waals surface area contributed by atoms with E-state index in [2.05, 4.69) is 11.6 Å². The highest BCUT2D eigenvalue weighted by molar-refractivity contribution is 6.30. The first-order valence-corrected chi connectivity index (χ1v) is 8.66. The van der Waals surface area contributed by atoms with Crippen LogP contribution in [0.25, 0.3) is 0 Å². The molecular weight excluding hydrogens is 348 g/mol. The van der Waals surface area contributed by atoms with Gasteiger partial charge in [-0.3, -0.25) is 4.79 Å². The Morgan fingerprint density at radius 2 is 2.04 bits per heavy atom. The van der Waals surface area contributed by atoms with Crippen LogP contribution < -0.4 is 4.74 Å². The van der Waals surface area contributed by atoms with Gasteiger partial charge in [-0.15, -0.1) is 6.58 Å². The van der Waals surface area contributed by atoms with Gasteiger partial charge in [0.2, 0.25) is 0 Å². The number of halogens is 1. The molecule has 0 aliphatic heterocycles. The van der Waals surface area contributed by atoms with E-state index in [9.17, 15) is 4.79 Å². The molecule has 0 atom stereocenters. The summed E-state index contributed by atoms with van der Waals surface area (Å²) in [5.74, 6) is 0.497. The molecule has 2 aromatic carbocycles. The summed E-state index contributed by atoms with van der Waals surface area (Å²) in [4.78, 5) is 18.9. The highest BCUT2D eigenvalue weighted by atomic mass is 35.5. The monoisotopic (exact) mass is 370 g/mol. The molecule has 0 aromatic heterocycles. The predicted octanol–water partition coefficient (Wildman–Crippen LogP) is 5.00. The molecule has 26 heavy (non-hydrogen) atoms. The second kappa shape index (κ2) is 9.20. The van der Waals surface area contributed by atoms with Gasteiger partial charge in [-0.25, -0.2) is 4.99 Å². The normalized spacial score (nSPS) is 10.8. The molecule has 0 heterocycles. The van der Waals surface area contributed by atoms with E-state index >= 15 is 0 Å². The van der Waals surface area contributed by atoms with Gasteiger partial charge in [-0.1, -0.05) is 23.7 Å². The molecular formula is C21H23ClN2O2. The summed E-state index contributed by atoms with van der Waals surface area (Å²) < 4.78 is 5.55. The molecule has 0 saturated heterocycles. The van der Waals surface area contributed by atoms with Crippen molar-refractivity contribution in [1.82, 2.24) is 4.90 Å². The van der Waals surface area contributed by atoms with Crippen LogP contribution in [0.5, 0.6) is 5.75 Å². The van der Waals surface area contributed by atoms with Gasteiger partial charge < -0.3 is 9.64 Å². The topological polar surface area (TPSA) is 41.9 Å². The summed E-state index contributed by atoms with van der Waals surface area (Å²) >= 11 is 5.93. The number of likely N-dealkylation sites (N-methyl/N-ethyl adjacent to an activating group) is 1. The van der Waals surface area contributed by atoms with Crippen LogP contribution in [0.1, 0.15) is 21.5 Å². The van der Waals surface area contributed by atoms with E-state index in [-0.39, 0.29) is 12.4 Å². The predicted molar refractivity (Wildman–Crippen MR) is 108 cm³/mol. The van der Waals surface area contributed by atoms with Crippen molar-refractivity contribution in [3.8, 4) is 5.75 Å². The fourth-order valence-electron chi connectivity index (χ4n) is 2.44. The summed E-state index contributed by atoms with van der Waals surface area (Å²) in [6.45, 7) is 8.23. The van der Waals surface area contributed by atoms with Crippen molar-refractivity contribution in [1.29, 1.82) is 0 Å². The van der Waals surface area contributed by atoms with Gasteiger partial charge in [0.05, 0.1) is 12.0 Å². The number of ketones is 1. The Kier molecular flexibility index (Phi) is 6.98.